The van der Waals surface area contributed by atoms with E-state index in [1.807, 2.05) is 0 Å². The van der Waals surface area contributed by atoms with Crippen molar-refractivity contribution in [2.75, 3.05) is 33.7 Å². The van der Waals surface area contributed by atoms with E-state index in [2.05, 4.69) is 24.3 Å². The molecule has 0 aromatic rings. The van der Waals surface area contributed by atoms with E-state index in [4.69, 9.17) is 0 Å². The summed E-state index contributed by atoms with van der Waals surface area (Å²) < 4.78 is 0. The first-order valence-corrected chi connectivity index (χ1v) is 4.07. The lowest BCUT2D eigenvalue weighted by Gasteiger charge is -2.24. The summed E-state index contributed by atoms with van der Waals surface area (Å²) in [4.78, 5) is 2.26. The molecule has 1 aliphatic heterocycles. The van der Waals surface area contributed by atoms with Crippen LogP contribution in [-0.4, -0.2) is 38.6 Å². The maximum atomic E-state index is 4.38. The van der Waals surface area contributed by atoms with Crippen LogP contribution in [0, 0.1) is 5.92 Å². The fraction of sp³-hybridized carbons (Fsp3) is 1.00. The number of rotatable bonds is 2. The third-order valence-electron chi connectivity index (χ3n) is 1.94. The second-order valence-corrected chi connectivity index (χ2v) is 3.40. The van der Waals surface area contributed by atoms with Crippen molar-refractivity contribution in [1.29, 1.82) is 0 Å². The largest absolute Gasteiger partial charge is 0.309 e. The van der Waals surface area contributed by atoms with E-state index in [0.717, 1.165) is 19.0 Å². The Labute approximate surface area is 63.6 Å². The van der Waals surface area contributed by atoms with Crippen molar-refractivity contribution in [3.63, 3.8) is 0 Å². The van der Waals surface area contributed by atoms with Crippen LogP contribution in [-0.2, 0) is 0 Å². The van der Waals surface area contributed by atoms with E-state index >= 15 is 0 Å². The Morgan fingerprint density at radius 3 is 2.80 bits per heavy atom. The van der Waals surface area contributed by atoms with Crippen LogP contribution in [0.25, 0.3) is 0 Å². The van der Waals surface area contributed by atoms with Gasteiger partial charge in [0.05, 0.1) is 0 Å². The smallest absolute Gasteiger partial charge is 0.0173 e. The van der Waals surface area contributed by atoms with Crippen LogP contribution < -0.4 is 5.32 Å². The van der Waals surface area contributed by atoms with Crippen molar-refractivity contribution < 1.29 is 0 Å². The highest BCUT2D eigenvalue weighted by molar-refractivity contribution is 4.69. The van der Waals surface area contributed by atoms with Crippen LogP contribution in [0.4, 0.5) is 0 Å². The molecule has 10 heavy (non-hydrogen) atoms. The lowest BCUT2D eigenvalue weighted by Crippen LogP contribution is -2.32. The van der Waals surface area contributed by atoms with Crippen molar-refractivity contribution in [2.45, 2.75) is 12.8 Å². The van der Waals surface area contributed by atoms with E-state index in [-0.39, 0.29) is 0 Å². The molecule has 1 fully saturated rings. The van der Waals surface area contributed by atoms with Gasteiger partial charge in [0.2, 0.25) is 0 Å². The average molecular weight is 141 g/mol. The normalized spacial score (nSPS) is 27.3. The molecular formula is C8H17N2. The van der Waals surface area contributed by atoms with Gasteiger partial charge in [-0.15, -0.1) is 0 Å². The van der Waals surface area contributed by atoms with Gasteiger partial charge < -0.3 is 4.90 Å². The van der Waals surface area contributed by atoms with E-state index in [0.29, 0.717) is 0 Å². The fourth-order valence-corrected chi connectivity index (χ4v) is 1.52. The first-order valence-electron chi connectivity index (χ1n) is 4.07. The van der Waals surface area contributed by atoms with Crippen LogP contribution in [0.1, 0.15) is 12.8 Å². The van der Waals surface area contributed by atoms with E-state index in [1.54, 1.807) is 0 Å². The van der Waals surface area contributed by atoms with Crippen molar-refractivity contribution in [2.24, 2.45) is 5.92 Å². The molecule has 0 saturated carbocycles. The summed E-state index contributed by atoms with van der Waals surface area (Å²) in [6.07, 6.45) is 2.68. The highest BCUT2D eigenvalue weighted by Crippen LogP contribution is 2.10. The SMILES string of the molecule is CN(C)C[C@H]1CCC[N]C1. The third kappa shape index (κ3) is 2.67. The van der Waals surface area contributed by atoms with Gasteiger partial charge in [0.15, 0.2) is 0 Å². The van der Waals surface area contributed by atoms with Crippen molar-refractivity contribution in [1.82, 2.24) is 10.2 Å². The van der Waals surface area contributed by atoms with Crippen LogP contribution >= 0.6 is 0 Å². The molecule has 0 spiro atoms. The Morgan fingerprint density at radius 2 is 2.30 bits per heavy atom. The molecule has 1 saturated heterocycles. The Hall–Kier alpha value is -0.0800. The number of nitrogens with zero attached hydrogens (tertiary/aromatic N) is 2. The minimum absolute atomic E-state index is 0.837. The molecule has 0 unspecified atom stereocenters. The van der Waals surface area contributed by atoms with Gasteiger partial charge in [0.25, 0.3) is 0 Å². The molecule has 1 atom stereocenters. The van der Waals surface area contributed by atoms with Gasteiger partial charge in [-0.1, -0.05) is 0 Å². The minimum atomic E-state index is 0.837. The summed E-state index contributed by atoms with van der Waals surface area (Å²) in [5, 5.41) is 4.38. The van der Waals surface area contributed by atoms with Gasteiger partial charge in [0, 0.05) is 19.6 Å². The molecular weight excluding hydrogens is 124 g/mol. The summed E-state index contributed by atoms with van der Waals surface area (Å²) in [5.74, 6) is 0.837. The Balaban J connectivity index is 2.13. The maximum Gasteiger partial charge on any atom is 0.0173 e. The Morgan fingerprint density at radius 1 is 1.50 bits per heavy atom. The zero-order chi connectivity index (χ0) is 7.40. The lowest BCUT2D eigenvalue weighted by molar-refractivity contribution is 0.274. The van der Waals surface area contributed by atoms with Gasteiger partial charge in [-0.25, -0.2) is 5.32 Å². The van der Waals surface area contributed by atoms with Gasteiger partial charge in [-0.2, -0.15) is 0 Å². The molecule has 0 aliphatic carbocycles. The third-order valence-corrected chi connectivity index (χ3v) is 1.94. The van der Waals surface area contributed by atoms with Gasteiger partial charge in [0.1, 0.15) is 0 Å². The molecule has 2 nitrogen and oxygen atoms in total. The molecule has 1 heterocycles. The zero-order valence-corrected chi connectivity index (χ0v) is 7.01. The molecule has 1 aliphatic rings. The first kappa shape index (κ1) is 8.02. The van der Waals surface area contributed by atoms with E-state index in [1.165, 1.54) is 19.4 Å². The lowest BCUT2D eigenvalue weighted by atomic mass is 9.99. The highest BCUT2D eigenvalue weighted by atomic mass is 15.1. The molecule has 0 amide bonds. The Kier molecular flexibility index (Phi) is 3.16. The zero-order valence-electron chi connectivity index (χ0n) is 7.01. The number of hydrogen-bond donors (Lipinski definition) is 0. The summed E-state index contributed by atoms with van der Waals surface area (Å²) in [7, 11) is 4.27. The Bertz CT molecular complexity index is 85.3. The van der Waals surface area contributed by atoms with Crippen LogP contribution in [0.3, 0.4) is 0 Å². The van der Waals surface area contributed by atoms with Crippen LogP contribution in [0.15, 0.2) is 0 Å². The molecule has 1 rings (SSSR count). The molecule has 0 N–H and O–H groups in total. The van der Waals surface area contributed by atoms with Crippen LogP contribution in [0.5, 0.6) is 0 Å². The first-order chi connectivity index (χ1) is 4.79. The van der Waals surface area contributed by atoms with Gasteiger partial charge in [-0.3, -0.25) is 0 Å². The van der Waals surface area contributed by atoms with Gasteiger partial charge in [-0.05, 0) is 32.9 Å². The molecule has 0 bridgehead atoms. The maximum absolute atomic E-state index is 4.38. The number of hydrogen-bond acceptors (Lipinski definition) is 1. The average Bonchev–Trinajstić information content (AvgIpc) is 1.88. The van der Waals surface area contributed by atoms with Crippen molar-refractivity contribution in [3.8, 4) is 0 Å². The molecule has 1 radical (unpaired) electrons. The summed E-state index contributed by atoms with van der Waals surface area (Å²) in [6.45, 7) is 3.41. The predicted octanol–water partition coefficient (Wildman–Crippen LogP) is 0.562. The second kappa shape index (κ2) is 3.94. The van der Waals surface area contributed by atoms with Crippen LogP contribution in [0.2, 0.25) is 0 Å². The minimum Gasteiger partial charge on any atom is -0.309 e. The summed E-state index contributed by atoms with van der Waals surface area (Å²) >= 11 is 0. The topological polar surface area (TPSA) is 17.3 Å². The van der Waals surface area contributed by atoms with E-state index in [9.17, 15) is 0 Å². The second-order valence-electron chi connectivity index (χ2n) is 3.40. The molecule has 59 valence electrons. The monoisotopic (exact) mass is 141 g/mol. The fourth-order valence-electron chi connectivity index (χ4n) is 1.52. The quantitative estimate of drug-likeness (QED) is 0.549. The van der Waals surface area contributed by atoms with E-state index < -0.39 is 0 Å². The van der Waals surface area contributed by atoms with Crippen molar-refractivity contribution >= 4 is 0 Å². The molecule has 2 heteroatoms. The molecule has 0 aromatic carbocycles. The predicted molar refractivity (Wildman–Crippen MR) is 43.1 cm³/mol. The van der Waals surface area contributed by atoms with Crippen molar-refractivity contribution in [3.05, 3.63) is 0 Å². The molecule has 0 aromatic heterocycles. The highest BCUT2D eigenvalue weighted by Gasteiger charge is 2.13. The van der Waals surface area contributed by atoms with Gasteiger partial charge >= 0.3 is 0 Å². The number of piperidine rings is 1. The standard InChI is InChI=1S/C8H17N2/c1-10(2)7-8-4-3-5-9-6-8/h8H,3-7H2,1-2H3/t8-/m0/s1. The summed E-state index contributed by atoms with van der Waals surface area (Å²) in [6, 6.07) is 0. The summed E-state index contributed by atoms with van der Waals surface area (Å²) in [5.41, 5.74) is 0.